The van der Waals surface area contributed by atoms with Gasteiger partial charge in [-0.3, -0.25) is 10.1 Å². The first-order valence-electron chi connectivity index (χ1n) is 5.60. The van der Waals surface area contributed by atoms with Gasteiger partial charge in [0, 0.05) is 10.9 Å². The highest BCUT2D eigenvalue weighted by molar-refractivity contribution is 8.00. The van der Waals surface area contributed by atoms with Crippen molar-refractivity contribution in [2.45, 2.75) is 36.3 Å². The molecule has 0 bridgehead atoms. The Balaban J connectivity index is 2.86. The predicted octanol–water partition coefficient (Wildman–Crippen LogP) is 2.82. The summed E-state index contributed by atoms with van der Waals surface area (Å²) in [5.41, 5.74) is 1.50. The van der Waals surface area contributed by atoms with Crippen molar-refractivity contribution in [1.29, 1.82) is 0 Å². The zero-order valence-corrected chi connectivity index (χ0v) is 11.3. The Bertz CT molecular complexity index is 432. The number of primary amides is 1. The van der Waals surface area contributed by atoms with Crippen LogP contribution < -0.4 is 11.1 Å². The van der Waals surface area contributed by atoms with Crippen LogP contribution in [0.15, 0.2) is 29.2 Å². The second-order valence-electron chi connectivity index (χ2n) is 4.27. The Morgan fingerprint density at radius 1 is 1.26 bits per heavy atom. The molecule has 0 saturated heterocycles. The topological polar surface area (TPSA) is 55.1 Å². The van der Waals surface area contributed by atoms with Crippen molar-refractivity contribution in [1.82, 2.24) is 5.32 Å². The van der Waals surface area contributed by atoms with Gasteiger partial charge < -0.3 is 5.73 Å². The summed E-state index contributed by atoms with van der Waals surface area (Å²) in [6, 6.07) is 4.92. The van der Waals surface area contributed by atoms with Crippen molar-refractivity contribution in [3.63, 3.8) is 0 Å². The van der Waals surface area contributed by atoms with Gasteiger partial charge in [0.15, 0.2) is 0 Å². The van der Waals surface area contributed by atoms with Gasteiger partial charge in [-0.25, -0.2) is 0 Å². The quantitative estimate of drug-likeness (QED) is 0.821. The van der Waals surface area contributed by atoms with Crippen LogP contribution >= 0.6 is 11.8 Å². The van der Waals surface area contributed by atoms with E-state index in [0.717, 1.165) is 0 Å². The maximum atomic E-state index is 12.2. The van der Waals surface area contributed by atoms with Crippen LogP contribution in [0.4, 0.5) is 13.2 Å². The number of amides is 1. The molecule has 1 aromatic rings. The van der Waals surface area contributed by atoms with Crippen LogP contribution in [0.3, 0.4) is 0 Å². The average molecular weight is 292 g/mol. The van der Waals surface area contributed by atoms with E-state index in [1.807, 2.05) is 13.8 Å². The van der Waals surface area contributed by atoms with E-state index in [0.29, 0.717) is 5.56 Å². The fourth-order valence-corrected chi connectivity index (χ4v) is 2.08. The summed E-state index contributed by atoms with van der Waals surface area (Å²) in [5, 5.41) is 2.96. The lowest BCUT2D eigenvalue weighted by Gasteiger charge is -2.18. The van der Waals surface area contributed by atoms with Crippen molar-refractivity contribution in [2.75, 3.05) is 0 Å². The molecule has 1 rings (SSSR count). The molecule has 1 unspecified atom stereocenters. The Kier molecular flexibility index (Phi) is 5.25. The zero-order valence-electron chi connectivity index (χ0n) is 10.5. The van der Waals surface area contributed by atoms with Gasteiger partial charge in [0.05, 0.1) is 0 Å². The molecule has 0 radical (unpaired) electrons. The molecule has 0 aromatic heterocycles. The first kappa shape index (κ1) is 15.8. The van der Waals surface area contributed by atoms with Crippen LogP contribution in [-0.4, -0.2) is 17.5 Å². The van der Waals surface area contributed by atoms with E-state index in [9.17, 15) is 18.0 Å². The van der Waals surface area contributed by atoms with Crippen LogP contribution in [0, 0.1) is 0 Å². The lowest BCUT2D eigenvalue weighted by atomic mass is 10.1. The molecule has 0 aliphatic heterocycles. The minimum Gasteiger partial charge on any atom is -0.368 e. The van der Waals surface area contributed by atoms with Crippen LogP contribution in [0.1, 0.15) is 25.5 Å². The summed E-state index contributed by atoms with van der Waals surface area (Å²) in [6.07, 6.45) is 0. The Morgan fingerprint density at radius 2 is 1.79 bits per heavy atom. The minimum atomic E-state index is -4.32. The van der Waals surface area contributed by atoms with Crippen LogP contribution in [0.2, 0.25) is 0 Å². The third-order valence-electron chi connectivity index (χ3n) is 2.23. The third-order valence-corrected chi connectivity index (χ3v) is 2.97. The average Bonchev–Trinajstić information content (AvgIpc) is 2.24. The standard InChI is InChI=1S/C12H15F3N2OS/c1-7(2)17-10(11(16)18)8-3-5-9(6-4-8)19-12(13,14)15/h3-7,10,17H,1-2H3,(H2,16,18). The van der Waals surface area contributed by atoms with Gasteiger partial charge in [-0.1, -0.05) is 12.1 Å². The molecule has 0 spiro atoms. The van der Waals surface area contributed by atoms with Crippen molar-refractivity contribution >= 4 is 17.7 Å². The number of hydrogen-bond donors (Lipinski definition) is 2. The van der Waals surface area contributed by atoms with E-state index in [-0.39, 0.29) is 22.7 Å². The lowest BCUT2D eigenvalue weighted by Crippen LogP contribution is -2.37. The molecule has 1 aromatic carbocycles. The zero-order chi connectivity index (χ0) is 14.6. The number of halogens is 3. The maximum absolute atomic E-state index is 12.2. The summed E-state index contributed by atoms with van der Waals surface area (Å²) < 4.78 is 36.5. The monoisotopic (exact) mass is 292 g/mol. The van der Waals surface area contributed by atoms with Crippen molar-refractivity contribution in [2.24, 2.45) is 5.73 Å². The molecule has 1 atom stereocenters. The predicted molar refractivity (Wildman–Crippen MR) is 68.6 cm³/mol. The number of rotatable bonds is 5. The third kappa shape index (κ3) is 5.52. The largest absolute Gasteiger partial charge is 0.446 e. The molecule has 106 valence electrons. The van der Waals surface area contributed by atoms with Gasteiger partial charge in [0.25, 0.3) is 0 Å². The minimum absolute atomic E-state index is 0.0294. The van der Waals surface area contributed by atoms with E-state index in [4.69, 9.17) is 5.73 Å². The van der Waals surface area contributed by atoms with Crippen LogP contribution in [0.25, 0.3) is 0 Å². The van der Waals surface area contributed by atoms with Crippen LogP contribution in [-0.2, 0) is 4.79 Å². The normalized spacial score (nSPS) is 13.6. The molecule has 3 N–H and O–H groups in total. The number of alkyl halides is 3. The first-order valence-corrected chi connectivity index (χ1v) is 6.42. The molecular formula is C12H15F3N2OS. The van der Waals surface area contributed by atoms with Gasteiger partial charge in [-0.15, -0.1) is 0 Å². The summed E-state index contributed by atoms with van der Waals surface area (Å²) in [6.45, 7) is 3.70. The SMILES string of the molecule is CC(C)NC(C(N)=O)c1ccc(SC(F)(F)F)cc1. The molecule has 1 amide bonds. The number of carbonyl (C=O) groups excluding carboxylic acids is 1. The number of nitrogens with two attached hydrogens (primary N) is 1. The van der Waals surface area contributed by atoms with E-state index in [1.54, 1.807) is 0 Å². The molecule has 0 aliphatic rings. The van der Waals surface area contributed by atoms with Crippen LogP contribution in [0.5, 0.6) is 0 Å². The van der Waals surface area contributed by atoms with Crippen molar-refractivity contribution in [3.8, 4) is 0 Å². The molecule has 3 nitrogen and oxygen atoms in total. The smallest absolute Gasteiger partial charge is 0.368 e. The second kappa shape index (κ2) is 6.29. The van der Waals surface area contributed by atoms with E-state index < -0.39 is 17.5 Å². The van der Waals surface area contributed by atoms with E-state index >= 15 is 0 Å². The maximum Gasteiger partial charge on any atom is 0.446 e. The van der Waals surface area contributed by atoms with Gasteiger partial charge >= 0.3 is 5.51 Å². The van der Waals surface area contributed by atoms with Gasteiger partial charge in [-0.05, 0) is 43.3 Å². The summed E-state index contributed by atoms with van der Waals surface area (Å²) >= 11 is -0.193. The van der Waals surface area contributed by atoms with E-state index in [2.05, 4.69) is 5.32 Å². The van der Waals surface area contributed by atoms with Gasteiger partial charge in [0.1, 0.15) is 6.04 Å². The fourth-order valence-electron chi connectivity index (χ4n) is 1.54. The van der Waals surface area contributed by atoms with Gasteiger partial charge in [-0.2, -0.15) is 13.2 Å². The number of thioether (sulfide) groups is 1. The summed E-state index contributed by atoms with van der Waals surface area (Å²) in [7, 11) is 0. The van der Waals surface area contributed by atoms with E-state index in [1.165, 1.54) is 24.3 Å². The second-order valence-corrected chi connectivity index (χ2v) is 5.41. The molecule has 0 fully saturated rings. The molecule has 7 heteroatoms. The molecule has 0 saturated carbocycles. The highest BCUT2D eigenvalue weighted by Crippen LogP contribution is 2.37. The molecule has 0 aliphatic carbocycles. The molecule has 0 heterocycles. The lowest BCUT2D eigenvalue weighted by molar-refractivity contribution is -0.120. The number of hydrogen-bond acceptors (Lipinski definition) is 3. The van der Waals surface area contributed by atoms with Crippen molar-refractivity contribution < 1.29 is 18.0 Å². The fraction of sp³-hybridized carbons (Fsp3) is 0.417. The Labute approximate surface area is 113 Å². The summed E-state index contributed by atoms with van der Waals surface area (Å²) in [5.74, 6) is -0.565. The Morgan fingerprint density at radius 3 is 2.16 bits per heavy atom. The highest BCUT2D eigenvalue weighted by atomic mass is 32.2. The van der Waals surface area contributed by atoms with Gasteiger partial charge in [0.2, 0.25) is 5.91 Å². The Hall–Kier alpha value is -1.21. The number of benzene rings is 1. The number of carbonyl (C=O) groups is 1. The van der Waals surface area contributed by atoms with Crippen molar-refractivity contribution in [3.05, 3.63) is 29.8 Å². The molecule has 19 heavy (non-hydrogen) atoms. The molecular weight excluding hydrogens is 277 g/mol. The first-order chi connectivity index (χ1) is 8.69. The summed E-state index contributed by atoms with van der Waals surface area (Å²) in [4.78, 5) is 11.4. The number of nitrogens with one attached hydrogen (secondary N) is 1. The highest BCUT2D eigenvalue weighted by Gasteiger charge is 2.29.